The highest BCUT2D eigenvalue weighted by Crippen LogP contribution is 2.34. The molecule has 2 nitrogen and oxygen atoms in total. The quantitative estimate of drug-likeness (QED) is 0.733. The largest absolute Gasteiger partial charge is 0.296 e. The number of hydrogen-bond donors (Lipinski definition) is 0. The fourth-order valence-electron chi connectivity index (χ4n) is 2.38. The van der Waals surface area contributed by atoms with Gasteiger partial charge in [0.25, 0.3) is 0 Å². The van der Waals surface area contributed by atoms with E-state index in [1.54, 1.807) is 6.20 Å². The molecule has 0 unspecified atom stereocenters. The third-order valence-electron chi connectivity index (χ3n) is 3.02. The standard InChI is InChI=1S/C12H17ClN2/c1-2-8-15-9-4-6-11(15)10-5-3-7-14-12(10)13/h3,5,7,11H,2,4,6,8-9H2,1H3/t11-/m1/s1. The first-order valence-corrected chi connectivity index (χ1v) is 6.05. The Labute approximate surface area is 96.3 Å². The highest BCUT2D eigenvalue weighted by atomic mass is 35.5. The second-order valence-electron chi connectivity index (χ2n) is 4.08. The van der Waals surface area contributed by atoms with Crippen molar-refractivity contribution in [2.45, 2.75) is 32.2 Å². The van der Waals surface area contributed by atoms with E-state index in [0.717, 1.165) is 6.54 Å². The van der Waals surface area contributed by atoms with Gasteiger partial charge < -0.3 is 0 Å². The zero-order valence-corrected chi connectivity index (χ0v) is 9.87. The minimum Gasteiger partial charge on any atom is -0.296 e. The molecule has 0 amide bonds. The van der Waals surface area contributed by atoms with E-state index in [-0.39, 0.29) is 0 Å². The maximum absolute atomic E-state index is 6.13. The average molecular weight is 225 g/mol. The van der Waals surface area contributed by atoms with Crippen LogP contribution in [0.15, 0.2) is 18.3 Å². The Bertz CT molecular complexity index is 327. The van der Waals surface area contributed by atoms with Gasteiger partial charge in [-0.1, -0.05) is 24.6 Å². The monoisotopic (exact) mass is 224 g/mol. The molecule has 1 saturated heterocycles. The molecule has 1 aliphatic heterocycles. The molecule has 0 saturated carbocycles. The summed E-state index contributed by atoms with van der Waals surface area (Å²) in [5, 5.41) is 0.672. The summed E-state index contributed by atoms with van der Waals surface area (Å²) in [5.74, 6) is 0. The molecule has 3 heteroatoms. The van der Waals surface area contributed by atoms with E-state index in [4.69, 9.17) is 11.6 Å². The van der Waals surface area contributed by atoms with Crippen molar-refractivity contribution < 1.29 is 0 Å². The fraction of sp³-hybridized carbons (Fsp3) is 0.583. The first kappa shape index (κ1) is 10.9. The van der Waals surface area contributed by atoms with Gasteiger partial charge in [-0.25, -0.2) is 4.98 Å². The van der Waals surface area contributed by atoms with Crippen LogP contribution in [0, 0.1) is 0 Å². The van der Waals surface area contributed by atoms with E-state index in [0.29, 0.717) is 11.2 Å². The Morgan fingerprint density at radius 2 is 2.47 bits per heavy atom. The molecule has 2 rings (SSSR count). The maximum Gasteiger partial charge on any atom is 0.133 e. The first-order chi connectivity index (χ1) is 7.33. The first-order valence-electron chi connectivity index (χ1n) is 5.67. The molecule has 1 fully saturated rings. The van der Waals surface area contributed by atoms with E-state index in [1.165, 1.54) is 31.4 Å². The summed E-state index contributed by atoms with van der Waals surface area (Å²) in [6.45, 7) is 4.58. The number of aromatic nitrogens is 1. The van der Waals surface area contributed by atoms with Gasteiger partial charge in [0.1, 0.15) is 5.15 Å². The van der Waals surface area contributed by atoms with Crippen molar-refractivity contribution in [2.24, 2.45) is 0 Å². The van der Waals surface area contributed by atoms with Gasteiger partial charge in [-0.15, -0.1) is 0 Å². The molecule has 1 atom stereocenters. The Balaban J connectivity index is 2.19. The molecule has 0 radical (unpaired) electrons. The molecule has 1 aromatic heterocycles. The fourth-order valence-corrected chi connectivity index (χ4v) is 2.63. The smallest absolute Gasteiger partial charge is 0.133 e. The molecule has 82 valence electrons. The van der Waals surface area contributed by atoms with Crippen LogP contribution in [0.25, 0.3) is 0 Å². The topological polar surface area (TPSA) is 16.1 Å². The van der Waals surface area contributed by atoms with Crippen molar-refractivity contribution in [1.82, 2.24) is 9.88 Å². The third kappa shape index (κ3) is 2.32. The lowest BCUT2D eigenvalue weighted by molar-refractivity contribution is 0.257. The molecule has 2 heterocycles. The summed E-state index contributed by atoms with van der Waals surface area (Å²) in [6.07, 6.45) is 5.45. The van der Waals surface area contributed by atoms with Crippen LogP contribution in [0.4, 0.5) is 0 Å². The second-order valence-corrected chi connectivity index (χ2v) is 4.44. The van der Waals surface area contributed by atoms with Gasteiger partial charge in [-0.3, -0.25) is 4.90 Å². The van der Waals surface area contributed by atoms with Crippen molar-refractivity contribution in [3.63, 3.8) is 0 Å². The van der Waals surface area contributed by atoms with Crippen LogP contribution < -0.4 is 0 Å². The van der Waals surface area contributed by atoms with Crippen molar-refractivity contribution in [3.05, 3.63) is 29.0 Å². The number of rotatable bonds is 3. The number of nitrogens with zero attached hydrogens (tertiary/aromatic N) is 2. The van der Waals surface area contributed by atoms with Crippen LogP contribution in [0.5, 0.6) is 0 Å². The summed E-state index contributed by atoms with van der Waals surface area (Å²) >= 11 is 6.13. The van der Waals surface area contributed by atoms with Crippen molar-refractivity contribution in [3.8, 4) is 0 Å². The average Bonchev–Trinajstić information content (AvgIpc) is 2.67. The number of pyridine rings is 1. The molecule has 0 aromatic carbocycles. The lowest BCUT2D eigenvalue weighted by Gasteiger charge is -2.24. The molecule has 0 N–H and O–H groups in total. The Morgan fingerprint density at radius 1 is 1.60 bits per heavy atom. The van der Waals surface area contributed by atoms with Gasteiger partial charge in [0.2, 0.25) is 0 Å². The van der Waals surface area contributed by atoms with Crippen LogP contribution in [0.3, 0.4) is 0 Å². The molecule has 0 bridgehead atoms. The molecular weight excluding hydrogens is 208 g/mol. The van der Waals surface area contributed by atoms with Gasteiger partial charge in [-0.05, 0) is 38.4 Å². The predicted octanol–water partition coefficient (Wildman–Crippen LogP) is 3.28. The van der Waals surface area contributed by atoms with E-state index in [2.05, 4.69) is 22.9 Å². The zero-order valence-electron chi connectivity index (χ0n) is 9.12. The summed E-state index contributed by atoms with van der Waals surface area (Å²) in [7, 11) is 0. The Kier molecular flexibility index (Phi) is 3.60. The summed E-state index contributed by atoms with van der Waals surface area (Å²) in [6, 6.07) is 4.57. The van der Waals surface area contributed by atoms with Crippen molar-refractivity contribution in [1.29, 1.82) is 0 Å². The van der Waals surface area contributed by atoms with Crippen LogP contribution >= 0.6 is 11.6 Å². The van der Waals surface area contributed by atoms with Crippen molar-refractivity contribution >= 4 is 11.6 Å². The van der Waals surface area contributed by atoms with Gasteiger partial charge in [0.15, 0.2) is 0 Å². The van der Waals surface area contributed by atoms with Gasteiger partial charge in [-0.2, -0.15) is 0 Å². The van der Waals surface area contributed by atoms with Crippen LogP contribution in [-0.4, -0.2) is 23.0 Å². The highest BCUT2D eigenvalue weighted by Gasteiger charge is 2.26. The normalized spacial score (nSPS) is 22.1. The molecule has 0 spiro atoms. The third-order valence-corrected chi connectivity index (χ3v) is 3.34. The van der Waals surface area contributed by atoms with E-state index < -0.39 is 0 Å². The van der Waals surface area contributed by atoms with Crippen LogP contribution in [0.2, 0.25) is 5.15 Å². The Morgan fingerprint density at radius 3 is 3.20 bits per heavy atom. The molecule has 1 aromatic rings. The maximum atomic E-state index is 6.13. The summed E-state index contributed by atoms with van der Waals surface area (Å²) in [5.41, 5.74) is 1.20. The predicted molar refractivity (Wildman–Crippen MR) is 63.1 cm³/mol. The number of halogens is 1. The number of likely N-dealkylation sites (tertiary alicyclic amines) is 1. The van der Waals surface area contributed by atoms with Gasteiger partial charge in [0.05, 0.1) is 0 Å². The SMILES string of the molecule is CCCN1CCC[C@@H]1c1cccnc1Cl. The van der Waals surface area contributed by atoms with Gasteiger partial charge in [0, 0.05) is 17.8 Å². The van der Waals surface area contributed by atoms with Crippen LogP contribution in [0.1, 0.15) is 37.8 Å². The molecule has 0 aliphatic carbocycles. The molecule has 1 aliphatic rings. The summed E-state index contributed by atoms with van der Waals surface area (Å²) in [4.78, 5) is 6.67. The molecular formula is C12H17ClN2. The number of hydrogen-bond acceptors (Lipinski definition) is 2. The van der Waals surface area contributed by atoms with Crippen LogP contribution in [-0.2, 0) is 0 Å². The van der Waals surface area contributed by atoms with E-state index >= 15 is 0 Å². The molecule has 15 heavy (non-hydrogen) atoms. The van der Waals surface area contributed by atoms with Gasteiger partial charge >= 0.3 is 0 Å². The van der Waals surface area contributed by atoms with E-state index in [1.807, 2.05) is 6.07 Å². The zero-order chi connectivity index (χ0) is 10.7. The lowest BCUT2D eigenvalue weighted by Crippen LogP contribution is -2.24. The Hall–Kier alpha value is -0.600. The minimum atomic E-state index is 0.492. The second kappa shape index (κ2) is 4.95. The van der Waals surface area contributed by atoms with E-state index in [9.17, 15) is 0 Å². The lowest BCUT2D eigenvalue weighted by atomic mass is 10.1. The van der Waals surface area contributed by atoms with Crippen molar-refractivity contribution in [2.75, 3.05) is 13.1 Å². The summed E-state index contributed by atoms with van der Waals surface area (Å²) < 4.78 is 0. The minimum absolute atomic E-state index is 0.492. The highest BCUT2D eigenvalue weighted by molar-refractivity contribution is 6.30.